The molecule has 1 N–H and O–H groups in total. The highest BCUT2D eigenvalue weighted by molar-refractivity contribution is 6.05. The van der Waals surface area contributed by atoms with Gasteiger partial charge in [0.1, 0.15) is 0 Å². The molecule has 4 rings (SSSR count). The third-order valence-corrected chi connectivity index (χ3v) is 6.00. The number of rotatable bonds is 6. The fourth-order valence-electron chi connectivity index (χ4n) is 3.98. The first kappa shape index (κ1) is 23.2. The van der Waals surface area contributed by atoms with Gasteiger partial charge in [-0.25, -0.2) is 0 Å². The molecule has 0 spiro atoms. The normalized spacial score (nSPS) is 13.4. The lowest BCUT2D eigenvalue weighted by molar-refractivity contribution is 0.0746. The third kappa shape index (κ3) is 5.14. The Hall–Kier alpha value is -4.00. The summed E-state index contributed by atoms with van der Waals surface area (Å²) in [5, 5.41) is 2.85. The highest BCUT2D eigenvalue weighted by Crippen LogP contribution is 2.28. The van der Waals surface area contributed by atoms with Gasteiger partial charge >= 0.3 is 0 Å². The molecule has 1 heterocycles. The number of amides is 2. The van der Waals surface area contributed by atoms with Gasteiger partial charge in [0.2, 0.25) is 0 Å². The van der Waals surface area contributed by atoms with E-state index in [1.807, 2.05) is 4.90 Å². The summed E-state index contributed by atoms with van der Waals surface area (Å²) in [4.78, 5) is 29.8. The van der Waals surface area contributed by atoms with Crippen LogP contribution >= 0.6 is 0 Å². The van der Waals surface area contributed by atoms with E-state index >= 15 is 0 Å². The number of carbonyl (C=O) groups excluding carboxylic acids is 2. The SMILES string of the molecule is COc1ccc(C(=O)Nc2ccc(C(=O)N3CCN(c4ccc(C)cc4)CC3)cc2)cc1OC. The van der Waals surface area contributed by atoms with E-state index in [2.05, 4.69) is 41.4 Å². The second kappa shape index (κ2) is 10.3. The van der Waals surface area contributed by atoms with Gasteiger partial charge in [0.15, 0.2) is 11.5 Å². The lowest BCUT2D eigenvalue weighted by atomic mass is 10.1. The van der Waals surface area contributed by atoms with E-state index in [-0.39, 0.29) is 11.8 Å². The number of nitrogens with one attached hydrogen (secondary N) is 1. The highest BCUT2D eigenvalue weighted by atomic mass is 16.5. The summed E-state index contributed by atoms with van der Waals surface area (Å²) in [7, 11) is 3.07. The highest BCUT2D eigenvalue weighted by Gasteiger charge is 2.22. The predicted molar refractivity (Wildman–Crippen MR) is 133 cm³/mol. The Bertz CT molecular complexity index is 1150. The number of aryl methyl sites for hydroxylation is 1. The Morgan fingerprint density at radius 2 is 1.38 bits per heavy atom. The second-order valence-electron chi connectivity index (χ2n) is 8.22. The smallest absolute Gasteiger partial charge is 0.255 e. The Balaban J connectivity index is 1.35. The van der Waals surface area contributed by atoms with Crippen molar-refractivity contribution >= 4 is 23.2 Å². The van der Waals surface area contributed by atoms with E-state index in [0.717, 1.165) is 13.1 Å². The Kier molecular flexibility index (Phi) is 7.01. The fourth-order valence-corrected chi connectivity index (χ4v) is 3.98. The first-order valence-corrected chi connectivity index (χ1v) is 11.2. The molecule has 34 heavy (non-hydrogen) atoms. The average Bonchev–Trinajstić information content (AvgIpc) is 2.88. The summed E-state index contributed by atoms with van der Waals surface area (Å²) in [5.41, 5.74) is 4.09. The molecule has 1 aliphatic heterocycles. The van der Waals surface area contributed by atoms with Gasteiger partial charge in [-0.05, 0) is 61.5 Å². The quantitative estimate of drug-likeness (QED) is 0.598. The molecule has 0 aromatic heterocycles. The third-order valence-electron chi connectivity index (χ3n) is 6.00. The predicted octanol–water partition coefficient (Wildman–Crippen LogP) is 4.23. The zero-order valence-corrected chi connectivity index (χ0v) is 19.7. The van der Waals surface area contributed by atoms with Crippen LogP contribution in [0.5, 0.6) is 11.5 Å². The number of anilines is 2. The van der Waals surface area contributed by atoms with Crippen LogP contribution in [0.25, 0.3) is 0 Å². The first-order chi connectivity index (χ1) is 16.5. The largest absolute Gasteiger partial charge is 0.493 e. The molecule has 1 saturated heterocycles. The van der Waals surface area contributed by atoms with Crippen molar-refractivity contribution in [2.24, 2.45) is 0 Å². The first-order valence-electron chi connectivity index (χ1n) is 11.2. The van der Waals surface area contributed by atoms with Crippen molar-refractivity contribution in [1.29, 1.82) is 0 Å². The van der Waals surface area contributed by atoms with E-state index in [0.29, 0.717) is 41.4 Å². The topological polar surface area (TPSA) is 71.1 Å². The molecule has 3 aromatic carbocycles. The minimum absolute atomic E-state index is 0.00123. The molecule has 0 unspecified atom stereocenters. The standard InChI is InChI=1S/C27H29N3O4/c1-19-4-11-23(12-5-19)29-14-16-30(17-15-29)27(32)20-6-9-22(10-7-20)28-26(31)21-8-13-24(33-2)25(18-21)34-3/h4-13,18H,14-17H2,1-3H3,(H,28,31). The van der Waals surface area contributed by atoms with Crippen LogP contribution in [0.4, 0.5) is 11.4 Å². The van der Waals surface area contributed by atoms with Gasteiger partial charge in [0.05, 0.1) is 14.2 Å². The molecule has 3 aromatic rings. The van der Waals surface area contributed by atoms with E-state index < -0.39 is 0 Å². The van der Waals surface area contributed by atoms with Crippen LogP contribution in [0.1, 0.15) is 26.3 Å². The summed E-state index contributed by atoms with van der Waals surface area (Å²) in [6.07, 6.45) is 0. The molecule has 0 aliphatic carbocycles. The summed E-state index contributed by atoms with van der Waals surface area (Å²) < 4.78 is 10.5. The van der Waals surface area contributed by atoms with Crippen LogP contribution in [-0.4, -0.2) is 57.1 Å². The summed E-state index contributed by atoms with van der Waals surface area (Å²) in [6.45, 7) is 5.02. The van der Waals surface area contributed by atoms with Gasteiger partial charge < -0.3 is 24.6 Å². The van der Waals surface area contributed by atoms with Gasteiger partial charge in [-0.1, -0.05) is 17.7 Å². The van der Waals surface area contributed by atoms with Gasteiger partial charge in [-0.3, -0.25) is 9.59 Å². The van der Waals surface area contributed by atoms with Crippen molar-refractivity contribution in [3.05, 3.63) is 83.4 Å². The van der Waals surface area contributed by atoms with Crippen LogP contribution in [0, 0.1) is 6.92 Å². The number of methoxy groups -OCH3 is 2. The zero-order chi connectivity index (χ0) is 24.1. The molecular formula is C27H29N3O4. The van der Waals surface area contributed by atoms with Crippen molar-refractivity contribution in [2.45, 2.75) is 6.92 Å². The zero-order valence-electron chi connectivity index (χ0n) is 19.7. The summed E-state index contributed by atoms with van der Waals surface area (Å²) in [6, 6.07) is 20.4. The number of carbonyl (C=O) groups is 2. The van der Waals surface area contributed by atoms with Crippen molar-refractivity contribution in [3.8, 4) is 11.5 Å². The second-order valence-corrected chi connectivity index (χ2v) is 8.22. The number of benzene rings is 3. The van der Waals surface area contributed by atoms with E-state index in [9.17, 15) is 9.59 Å². The van der Waals surface area contributed by atoms with Crippen molar-refractivity contribution in [2.75, 3.05) is 50.6 Å². The number of nitrogens with zero attached hydrogens (tertiary/aromatic N) is 2. The van der Waals surface area contributed by atoms with Crippen molar-refractivity contribution in [3.63, 3.8) is 0 Å². The molecule has 1 aliphatic rings. The average molecular weight is 460 g/mol. The number of ether oxygens (including phenoxy) is 2. The molecule has 0 saturated carbocycles. The molecule has 0 radical (unpaired) electrons. The molecule has 2 amide bonds. The van der Waals surface area contributed by atoms with Crippen molar-refractivity contribution in [1.82, 2.24) is 4.90 Å². The molecule has 0 atom stereocenters. The molecule has 7 heteroatoms. The van der Waals surface area contributed by atoms with Crippen molar-refractivity contribution < 1.29 is 19.1 Å². The van der Waals surface area contributed by atoms with E-state index in [4.69, 9.17) is 9.47 Å². The minimum Gasteiger partial charge on any atom is -0.493 e. The van der Waals surface area contributed by atoms with Crippen LogP contribution in [0.15, 0.2) is 66.7 Å². The fraction of sp³-hybridized carbons (Fsp3) is 0.259. The van der Waals surface area contributed by atoms with E-state index in [1.54, 1.807) is 49.6 Å². The monoisotopic (exact) mass is 459 g/mol. The summed E-state index contributed by atoms with van der Waals surface area (Å²) >= 11 is 0. The van der Waals surface area contributed by atoms with Crippen LogP contribution in [-0.2, 0) is 0 Å². The lowest BCUT2D eigenvalue weighted by Crippen LogP contribution is -2.48. The maximum absolute atomic E-state index is 13.0. The molecule has 0 bridgehead atoms. The maximum Gasteiger partial charge on any atom is 0.255 e. The van der Waals surface area contributed by atoms with Crippen LogP contribution in [0.2, 0.25) is 0 Å². The molecule has 176 valence electrons. The van der Waals surface area contributed by atoms with Gasteiger partial charge in [-0.15, -0.1) is 0 Å². The van der Waals surface area contributed by atoms with Gasteiger partial charge in [0, 0.05) is 48.7 Å². The Morgan fingerprint density at radius 1 is 0.765 bits per heavy atom. The van der Waals surface area contributed by atoms with Crippen LogP contribution in [0.3, 0.4) is 0 Å². The minimum atomic E-state index is -0.271. The number of hydrogen-bond acceptors (Lipinski definition) is 5. The van der Waals surface area contributed by atoms with Crippen LogP contribution < -0.4 is 19.7 Å². The van der Waals surface area contributed by atoms with Gasteiger partial charge in [-0.2, -0.15) is 0 Å². The number of piperazine rings is 1. The lowest BCUT2D eigenvalue weighted by Gasteiger charge is -2.36. The Labute approximate surface area is 199 Å². The summed E-state index contributed by atoms with van der Waals surface area (Å²) in [5.74, 6) is 0.772. The molecule has 1 fully saturated rings. The van der Waals surface area contributed by atoms with Gasteiger partial charge in [0.25, 0.3) is 11.8 Å². The molecule has 7 nitrogen and oxygen atoms in total. The van der Waals surface area contributed by atoms with E-state index in [1.165, 1.54) is 18.4 Å². The maximum atomic E-state index is 13.0. The number of hydrogen-bond donors (Lipinski definition) is 1. The molecular weight excluding hydrogens is 430 g/mol. The Morgan fingerprint density at radius 3 is 2.00 bits per heavy atom.